The van der Waals surface area contributed by atoms with Crippen molar-refractivity contribution in [1.82, 2.24) is 15.1 Å². The molecule has 0 bridgehead atoms. The highest BCUT2D eigenvalue weighted by Crippen LogP contribution is 2.40. The minimum Gasteiger partial charge on any atom is -0.493 e. The average molecular weight is 389 g/mol. The molecule has 1 fully saturated rings. The van der Waals surface area contributed by atoms with E-state index in [1.54, 1.807) is 34.5 Å². The number of amides is 1. The van der Waals surface area contributed by atoms with Crippen molar-refractivity contribution in [2.24, 2.45) is 5.92 Å². The minimum atomic E-state index is -0.0398. The van der Waals surface area contributed by atoms with E-state index < -0.39 is 0 Å². The van der Waals surface area contributed by atoms with Gasteiger partial charge in [-0.1, -0.05) is 0 Å². The first kappa shape index (κ1) is 20.0. The highest BCUT2D eigenvalue weighted by molar-refractivity contribution is 5.93. The summed E-state index contributed by atoms with van der Waals surface area (Å²) in [5.41, 5.74) is 1.87. The zero-order chi connectivity index (χ0) is 20.1. The second-order valence-electron chi connectivity index (χ2n) is 6.77. The Kier molecular flexibility index (Phi) is 6.41. The van der Waals surface area contributed by atoms with E-state index in [1.807, 2.05) is 17.0 Å². The summed E-state index contributed by atoms with van der Waals surface area (Å²) >= 11 is 0. The van der Waals surface area contributed by atoms with Crippen LogP contribution in [0, 0.1) is 5.92 Å². The van der Waals surface area contributed by atoms with E-state index in [0.717, 1.165) is 38.1 Å². The zero-order valence-electron chi connectivity index (χ0n) is 16.8. The van der Waals surface area contributed by atoms with Crippen LogP contribution in [-0.4, -0.2) is 69.1 Å². The Labute approximate surface area is 164 Å². The van der Waals surface area contributed by atoms with E-state index in [1.165, 1.54) is 0 Å². The summed E-state index contributed by atoms with van der Waals surface area (Å²) in [4.78, 5) is 14.7. The number of benzene rings is 1. The molecule has 8 nitrogen and oxygen atoms in total. The summed E-state index contributed by atoms with van der Waals surface area (Å²) in [7, 11) is 6.40. The highest BCUT2D eigenvalue weighted by Gasteiger charge is 2.25. The number of H-pyrrole nitrogens is 1. The summed E-state index contributed by atoms with van der Waals surface area (Å²) in [6, 6.07) is 5.37. The lowest BCUT2D eigenvalue weighted by atomic mass is 9.97. The van der Waals surface area contributed by atoms with Crippen molar-refractivity contribution < 1.29 is 23.7 Å². The number of hydrogen-bond acceptors (Lipinski definition) is 6. The van der Waals surface area contributed by atoms with Gasteiger partial charge in [0, 0.05) is 32.4 Å². The molecular weight excluding hydrogens is 362 g/mol. The van der Waals surface area contributed by atoms with Gasteiger partial charge in [0.25, 0.3) is 5.91 Å². The fraction of sp³-hybridized carbons (Fsp3) is 0.500. The Bertz CT molecular complexity index is 787. The molecule has 0 radical (unpaired) electrons. The quantitative estimate of drug-likeness (QED) is 0.783. The van der Waals surface area contributed by atoms with Gasteiger partial charge in [-0.25, -0.2) is 0 Å². The first-order valence-corrected chi connectivity index (χ1v) is 9.25. The summed E-state index contributed by atoms with van der Waals surface area (Å²) in [5.74, 6) is 2.06. The average Bonchev–Trinajstić information content (AvgIpc) is 3.23. The third-order valence-electron chi connectivity index (χ3n) is 5.07. The van der Waals surface area contributed by atoms with Crippen molar-refractivity contribution in [2.75, 3.05) is 48.1 Å². The Morgan fingerprint density at radius 1 is 1.07 bits per heavy atom. The zero-order valence-corrected chi connectivity index (χ0v) is 16.8. The van der Waals surface area contributed by atoms with E-state index in [-0.39, 0.29) is 5.91 Å². The molecule has 2 heterocycles. The van der Waals surface area contributed by atoms with Gasteiger partial charge in [0.1, 0.15) is 5.69 Å². The number of carbonyl (C=O) groups excluding carboxylic acids is 1. The normalized spacial score (nSPS) is 14.8. The predicted molar refractivity (Wildman–Crippen MR) is 104 cm³/mol. The van der Waals surface area contributed by atoms with Gasteiger partial charge < -0.3 is 23.8 Å². The van der Waals surface area contributed by atoms with Crippen LogP contribution in [-0.2, 0) is 4.74 Å². The van der Waals surface area contributed by atoms with Crippen LogP contribution in [0.2, 0.25) is 0 Å². The van der Waals surface area contributed by atoms with Gasteiger partial charge in [-0.05, 0) is 37.0 Å². The van der Waals surface area contributed by atoms with E-state index in [0.29, 0.717) is 34.6 Å². The van der Waals surface area contributed by atoms with E-state index >= 15 is 0 Å². The number of nitrogens with zero attached hydrogens (tertiary/aromatic N) is 2. The number of methoxy groups -OCH3 is 4. The lowest BCUT2D eigenvalue weighted by Crippen LogP contribution is -2.39. The van der Waals surface area contributed by atoms with Crippen LogP contribution in [0.5, 0.6) is 17.2 Å². The van der Waals surface area contributed by atoms with Gasteiger partial charge in [0.15, 0.2) is 11.5 Å². The Hall–Kier alpha value is -2.74. The molecule has 1 amide bonds. The van der Waals surface area contributed by atoms with Crippen molar-refractivity contribution in [1.29, 1.82) is 0 Å². The van der Waals surface area contributed by atoms with Gasteiger partial charge in [-0.2, -0.15) is 5.10 Å². The molecule has 152 valence electrons. The lowest BCUT2D eigenvalue weighted by molar-refractivity contribution is 0.0608. The molecule has 1 aliphatic rings. The van der Waals surface area contributed by atoms with E-state index in [2.05, 4.69) is 10.2 Å². The van der Waals surface area contributed by atoms with Crippen molar-refractivity contribution in [3.63, 3.8) is 0 Å². The van der Waals surface area contributed by atoms with Crippen LogP contribution >= 0.6 is 0 Å². The van der Waals surface area contributed by atoms with Crippen molar-refractivity contribution in [2.45, 2.75) is 12.8 Å². The van der Waals surface area contributed by atoms with Crippen molar-refractivity contribution in [3.8, 4) is 28.5 Å². The topological polar surface area (TPSA) is 85.9 Å². The summed E-state index contributed by atoms with van der Waals surface area (Å²) < 4.78 is 21.4. The van der Waals surface area contributed by atoms with Gasteiger partial charge in [0.05, 0.1) is 27.0 Å². The third-order valence-corrected chi connectivity index (χ3v) is 5.07. The number of carbonyl (C=O) groups is 1. The van der Waals surface area contributed by atoms with Crippen LogP contribution in [0.4, 0.5) is 0 Å². The van der Waals surface area contributed by atoms with Crippen molar-refractivity contribution >= 4 is 5.91 Å². The largest absolute Gasteiger partial charge is 0.493 e. The molecule has 0 unspecified atom stereocenters. The molecule has 0 spiro atoms. The molecule has 1 aromatic carbocycles. The Morgan fingerprint density at radius 3 is 2.25 bits per heavy atom. The predicted octanol–water partition coefficient (Wildman–Crippen LogP) is 2.60. The maximum atomic E-state index is 12.8. The molecule has 1 aliphatic heterocycles. The second-order valence-corrected chi connectivity index (χ2v) is 6.77. The molecule has 1 saturated heterocycles. The third kappa shape index (κ3) is 4.06. The number of nitrogens with one attached hydrogen (secondary N) is 1. The lowest BCUT2D eigenvalue weighted by Gasteiger charge is -2.31. The molecule has 0 saturated carbocycles. The molecule has 1 aromatic heterocycles. The smallest absolute Gasteiger partial charge is 0.271 e. The highest BCUT2D eigenvalue weighted by atomic mass is 16.5. The SMILES string of the molecule is COCC1CCN(C(=O)c2cc(-c3cc(OC)c(OC)c(OC)c3)n[nH]2)CC1. The summed E-state index contributed by atoms with van der Waals surface area (Å²) in [6.07, 6.45) is 1.90. The Balaban J connectivity index is 1.78. The number of ether oxygens (including phenoxy) is 4. The van der Waals surface area contributed by atoms with Crippen LogP contribution in [0.15, 0.2) is 18.2 Å². The number of piperidine rings is 1. The molecule has 3 rings (SSSR count). The Morgan fingerprint density at radius 2 is 1.71 bits per heavy atom. The number of aromatic nitrogens is 2. The molecular formula is C20H27N3O5. The fourth-order valence-corrected chi connectivity index (χ4v) is 3.52. The summed E-state index contributed by atoms with van der Waals surface area (Å²) in [5, 5.41) is 7.17. The first-order chi connectivity index (χ1) is 13.6. The molecule has 28 heavy (non-hydrogen) atoms. The maximum Gasteiger partial charge on any atom is 0.271 e. The van der Waals surface area contributed by atoms with Gasteiger partial charge >= 0.3 is 0 Å². The first-order valence-electron chi connectivity index (χ1n) is 9.25. The van der Waals surface area contributed by atoms with Crippen LogP contribution < -0.4 is 14.2 Å². The summed E-state index contributed by atoms with van der Waals surface area (Å²) in [6.45, 7) is 2.20. The second kappa shape index (κ2) is 8.97. The number of aromatic amines is 1. The van der Waals surface area contributed by atoms with Crippen LogP contribution in [0.1, 0.15) is 23.3 Å². The van der Waals surface area contributed by atoms with Gasteiger partial charge in [-0.3, -0.25) is 9.89 Å². The van der Waals surface area contributed by atoms with Crippen molar-refractivity contribution in [3.05, 3.63) is 23.9 Å². The molecule has 0 atom stereocenters. The monoisotopic (exact) mass is 389 g/mol. The molecule has 8 heteroatoms. The van der Waals surface area contributed by atoms with Gasteiger partial charge in [0.2, 0.25) is 5.75 Å². The maximum absolute atomic E-state index is 12.8. The van der Waals surface area contributed by atoms with Crippen LogP contribution in [0.25, 0.3) is 11.3 Å². The number of likely N-dealkylation sites (tertiary alicyclic amines) is 1. The number of rotatable bonds is 7. The molecule has 0 aliphatic carbocycles. The fourth-order valence-electron chi connectivity index (χ4n) is 3.52. The molecule has 1 N–H and O–H groups in total. The van der Waals surface area contributed by atoms with Crippen LogP contribution in [0.3, 0.4) is 0 Å². The molecule has 2 aromatic rings. The van der Waals surface area contributed by atoms with E-state index in [4.69, 9.17) is 18.9 Å². The standard InChI is InChI=1S/C20H27N3O5/c1-25-12-13-5-7-23(8-6-13)20(24)16-11-15(21-22-16)14-9-17(26-2)19(28-4)18(10-14)27-3/h9-11,13H,5-8,12H2,1-4H3,(H,21,22). The van der Waals surface area contributed by atoms with Gasteiger partial charge in [-0.15, -0.1) is 0 Å². The number of hydrogen-bond donors (Lipinski definition) is 1. The minimum absolute atomic E-state index is 0.0398. The van der Waals surface area contributed by atoms with E-state index in [9.17, 15) is 4.79 Å².